The van der Waals surface area contributed by atoms with E-state index in [4.69, 9.17) is 9.72 Å². The molecule has 0 bridgehead atoms. The summed E-state index contributed by atoms with van der Waals surface area (Å²) in [6, 6.07) is 14.5. The second kappa shape index (κ2) is 8.13. The monoisotopic (exact) mass is 363 g/mol. The smallest absolute Gasteiger partial charge is 0.138 e. The lowest BCUT2D eigenvalue weighted by Gasteiger charge is -2.28. The summed E-state index contributed by atoms with van der Waals surface area (Å²) in [4.78, 5) is 10.5. The van der Waals surface area contributed by atoms with Gasteiger partial charge in [0.1, 0.15) is 11.6 Å². The minimum Gasteiger partial charge on any atom is -0.494 e. The van der Waals surface area contributed by atoms with E-state index in [-0.39, 0.29) is 0 Å². The van der Waals surface area contributed by atoms with Crippen molar-refractivity contribution >= 4 is 11.0 Å². The van der Waals surface area contributed by atoms with Crippen molar-refractivity contribution in [1.29, 1.82) is 0 Å². The highest BCUT2D eigenvalue weighted by Crippen LogP contribution is 2.24. The number of benzene rings is 2. The Labute approximate surface area is 161 Å². The molecule has 1 fully saturated rings. The molecule has 0 atom stereocenters. The Kier molecular flexibility index (Phi) is 5.44. The van der Waals surface area contributed by atoms with Gasteiger partial charge in [0.15, 0.2) is 0 Å². The first-order valence-corrected chi connectivity index (χ1v) is 10.1. The van der Waals surface area contributed by atoms with E-state index in [1.807, 2.05) is 12.1 Å². The van der Waals surface area contributed by atoms with Crippen molar-refractivity contribution in [3.63, 3.8) is 0 Å². The average Bonchev–Trinajstić information content (AvgIpc) is 3.10. The standard InChI is InChI=1S/C23H29N3O/c1-17-5-10-21-22(16-17)25-23(24-21)19-6-8-20(9-7-19)27-15-3-4-18-11-13-26(2)14-12-18/h5-10,16,18H,3-4,11-15H2,1-2H3,(H,24,25). The molecule has 2 heterocycles. The van der Waals surface area contributed by atoms with E-state index >= 15 is 0 Å². The molecule has 1 aromatic heterocycles. The first-order valence-electron chi connectivity index (χ1n) is 10.1. The number of aryl methyl sites for hydroxylation is 1. The Balaban J connectivity index is 1.29. The molecule has 0 unspecified atom stereocenters. The van der Waals surface area contributed by atoms with Crippen LogP contribution in [-0.2, 0) is 0 Å². The third-order valence-corrected chi connectivity index (χ3v) is 5.63. The topological polar surface area (TPSA) is 41.1 Å². The van der Waals surface area contributed by atoms with Crippen molar-refractivity contribution in [3.8, 4) is 17.1 Å². The number of likely N-dealkylation sites (tertiary alicyclic amines) is 1. The van der Waals surface area contributed by atoms with Crippen molar-refractivity contribution in [3.05, 3.63) is 48.0 Å². The van der Waals surface area contributed by atoms with Crippen LogP contribution >= 0.6 is 0 Å². The molecule has 4 heteroatoms. The molecule has 4 nitrogen and oxygen atoms in total. The van der Waals surface area contributed by atoms with Gasteiger partial charge in [-0.25, -0.2) is 4.98 Å². The van der Waals surface area contributed by atoms with Gasteiger partial charge in [-0.2, -0.15) is 0 Å². The number of nitrogens with one attached hydrogen (secondary N) is 1. The fraction of sp³-hybridized carbons (Fsp3) is 0.435. The van der Waals surface area contributed by atoms with Crippen molar-refractivity contribution < 1.29 is 4.74 Å². The van der Waals surface area contributed by atoms with E-state index in [2.05, 4.69) is 54.2 Å². The van der Waals surface area contributed by atoms with Crippen molar-refractivity contribution in [2.75, 3.05) is 26.7 Å². The number of aromatic amines is 1. The Morgan fingerprint density at radius 1 is 1.11 bits per heavy atom. The molecule has 4 rings (SSSR count). The summed E-state index contributed by atoms with van der Waals surface area (Å²) in [6.45, 7) is 5.38. The van der Waals surface area contributed by atoms with Gasteiger partial charge in [-0.15, -0.1) is 0 Å². The maximum atomic E-state index is 5.94. The Hall–Kier alpha value is -2.33. The zero-order chi connectivity index (χ0) is 18.6. The summed E-state index contributed by atoms with van der Waals surface area (Å²) in [5.41, 5.74) is 4.40. The molecule has 3 aromatic rings. The lowest BCUT2D eigenvalue weighted by atomic mass is 9.93. The molecule has 0 aliphatic carbocycles. The SMILES string of the molecule is Cc1ccc2[nH]c(-c3ccc(OCCCC4CCN(C)CC4)cc3)nc2c1. The molecule has 0 spiro atoms. The summed E-state index contributed by atoms with van der Waals surface area (Å²) in [6.07, 6.45) is 5.09. The van der Waals surface area contributed by atoms with Crippen LogP contribution in [0.3, 0.4) is 0 Å². The zero-order valence-corrected chi connectivity index (χ0v) is 16.4. The highest BCUT2D eigenvalue weighted by Gasteiger charge is 2.16. The second-order valence-corrected chi connectivity index (χ2v) is 7.87. The van der Waals surface area contributed by atoms with Crippen LogP contribution in [0.15, 0.2) is 42.5 Å². The number of ether oxygens (including phenoxy) is 1. The number of imidazole rings is 1. The molecule has 1 saturated heterocycles. The van der Waals surface area contributed by atoms with Crippen LogP contribution in [0.1, 0.15) is 31.2 Å². The van der Waals surface area contributed by atoms with E-state index in [1.54, 1.807) is 0 Å². The maximum absolute atomic E-state index is 5.94. The molecule has 142 valence electrons. The summed E-state index contributed by atoms with van der Waals surface area (Å²) >= 11 is 0. The number of H-pyrrole nitrogens is 1. The predicted molar refractivity (Wildman–Crippen MR) is 111 cm³/mol. The van der Waals surface area contributed by atoms with Crippen LogP contribution in [0.4, 0.5) is 0 Å². The summed E-state index contributed by atoms with van der Waals surface area (Å²) in [5.74, 6) is 2.72. The van der Waals surface area contributed by atoms with E-state index in [9.17, 15) is 0 Å². The molecule has 27 heavy (non-hydrogen) atoms. The number of fused-ring (bicyclic) bond motifs is 1. The van der Waals surface area contributed by atoms with Gasteiger partial charge in [0.2, 0.25) is 0 Å². The predicted octanol–water partition coefficient (Wildman–Crippen LogP) is 5.04. The van der Waals surface area contributed by atoms with Gasteiger partial charge in [0, 0.05) is 5.56 Å². The van der Waals surface area contributed by atoms with E-state index in [0.717, 1.165) is 47.1 Å². The van der Waals surface area contributed by atoms with Gasteiger partial charge >= 0.3 is 0 Å². The molecule has 1 aliphatic rings. The van der Waals surface area contributed by atoms with Crippen LogP contribution in [0, 0.1) is 12.8 Å². The normalized spacial score (nSPS) is 16.1. The van der Waals surface area contributed by atoms with E-state index < -0.39 is 0 Å². The molecule has 0 amide bonds. The molecule has 0 radical (unpaired) electrons. The first-order chi connectivity index (χ1) is 13.2. The van der Waals surface area contributed by atoms with Gasteiger partial charge in [-0.05, 0) is 101 Å². The van der Waals surface area contributed by atoms with Crippen LogP contribution in [-0.4, -0.2) is 41.6 Å². The van der Waals surface area contributed by atoms with Gasteiger partial charge in [0.25, 0.3) is 0 Å². The molecule has 1 N–H and O–H groups in total. The molecular weight excluding hydrogens is 334 g/mol. The summed E-state index contributed by atoms with van der Waals surface area (Å²) in [5, 5.41) is 0. The van der Waals surface area contributed by atoms with Gasteiger partial charge in [-0.1, -0.05) is 6.07 Å². The minimum atomic E-state index is 0.801. The van der Waals surface area contributed by atoms with Gasteiger partial charge in [-0.3, -0.25) is 0 Å². The van der Waals surface area contributed by atoms with Crippen LogP contribution < -0.4 is 4.74 Å². The lowest BCUT2D eigenvalue weighted by molar-refractivity contribution is 0.200. The average molecular weight is 364 g/mol. The van der Waals surface area contributed by atoms with E-state index in [0.29, 0.717) is 0 Å². The maximum Gasteiger partial charge on any atom is 0.138 e. The first kappa shape index (κ1) is 18.1. The number of hydrogen-bond donors (Lipinski definition) is 1. The third-order valence-electron chi connectivity index (χ3n) is 5.63. The quantitative estimate of drug-likeness (QED) is 0.624. The van der Waals surface area contributed by atoms with Crippen LogP contribution in [0.25, 0.3) is 22.4 Å². The minimum absolute atomic E-state index is 0.801. The Morgan fingerprint density at radius 2 is 1.89 bits per heavy atom. The van der Waals surface area contributed by atoms with Crippen molar-refractivity contribution in [2.24, 2.45) is 5.92 Å². The molecule has 1 aliphatic heterocycles. The molecule has 0 saturated carbocycles. The third kappa shape index (κ3) is 4.51. The highest BCUT2D eigenvalue weighted by molar-refractivity contribution is 5.80. The number of aromatic nitrogens is 2. The van der Waals surface area contributed by atoms with Crippen LogP contribution in [0.2, 0.25) is 0 Å². The van der Waals surface area contributed by atoms with Crippen molar-refractivity contribution in [1.82, 2.24) is 14.9 Å². The van der Waals surface area contributed by atoms with E-state index in [1.165, 1.54) is 37.9 Å². The Morgan fingerprint density at radius 3 is 2.67 bits per heavy atom. The highest BCUT2D eigenvalue weighted by atomic mass is 16.5. The summed E-state index contributed by atoms with van der Waals surface area (Å²) < 4.78 is 5.94. The number of rotatable bonds is 6. The van der Waals surface area contributed by atoms with Gasteiger partial charge in [0.05, 0.1) is 17.6 Å². The number of piperidine rings is 1. The number of hydrogen-bond acceptors (Lipinski definition) is 3. The second-order valence-electron chi connectivity index (χ2n) is 7.87. The molecule has 2 aromatic carbocycles. The van der Waals surface area contributed by atoms with Crippen LogP contribution in [0.5, 0.6) is 5.75 Å². The Bertz CT molecular complexity index is 876. The molecular formula is C23H29N3O. The zero-order valence-electron chi connectivity index (χ0n) is 16.4. The fourth-order valence-electron chi connectivity index (χ4n) is 3.87. The lowest BCUT2D eigenvalue weighted by Crippen LogP contribution is -2.30. The van der Waals surface area contributed by atoms with Gasteiger partial charge < -0.3 is 14.6 Å². The summed E-state index contributed by atoms with van der Waals surface area (Å²) in [7, 11) is 2.22. The fourth-order valence-corrected chi connectivity index (χ4v) is 3.87. The number of nitrogens with zero attached hydrogens (tertiary/aromatic N) is 2. The van der Waals surface area contributed by atoms with Crippen molar-refractivity contribution in [2.45, 2.75) is 32.6 Å². The largest absolute Gasteiger partial charge is 0.494 e.